The summed E-state index contributed by atoms with van der Waals surface area (Å²) in [6, 6.07) is 10.3. The number of likely N-dealkylation sites (N-methyl/N-ethyl adjacent to an activating group) is 1. The van der Waals surface area contributed by atoms with E-state index in [1.165, 1.54) is 5.56 Å². The predicted octanol–water partition coefficient (Wildman–Crippen LogP) is 0.891. The predicted molar refractivity (Wildman–Crippen MR) is 89.9 cm³/mol. The summed E-state index contributed by atoms with van der Waals surface area (Å²) in [5.74, 6) is 0.762. The van der Waals surface area contributed by atoms with Crippen LogP contribution in [0.5, 0.6) is 0 Å². The van der Waals surface area contributed by atoms with Gasteiger partial charge in [-0.15, -0.1) is 0 Å². The molecule has 1 aromatic rings. The van der Waals surface area contributed by atoms with Crippen LogP contribution in [0.4, 0.5) is 0 Å². The van der Waals surface area contributed by atoms with E-state index in [2.05, 4.69) is 46.9 Å². The number of thiol groups is 1. The lowest BCUT2D eigenvalue weighted by Crippen LogP contribution is -2.50. The van der Waals surface area contributed by atoms with Crippen LogP contribution >= 0.6 is 12.6 Å². The minimum Gasteiger partial charge on any atom is -0.351 e. The van der Waals surface area contributed by atoms with Gasteiger partial charge >= 0.3 is 0 Å². The van der Waals surface area contributed by atoms with Crippen molar-refractivity contribution >= 4 is 18.5 Å². The van der Waals surface area contributed by atoms with Gasteiger partial charge in [-0.25, -0.2) is 0 Å². The summed E-state index contributed by atoms with van der Waals surface area (Å²) in [4.78, 5) is 16.7. The number of nitrogens with zero attached hydrogens (tertiary/aromatic N) is 2. The lowest BCUT2D eigenvalue weighted by molar-refractivity contribution is -0.123. The molecule has 1 saturated heterocycles. The van der Waals surface area contributed by atoms with Crippen molar-refractivity contribution in [3.63, 3.8) is 0 Å². The van der Waals surface area contributed by atoms with Gasteiger partial charge in [0.1, 0.15) is 0 Å². The van der Waals surface area contributed by atoms with E-state index in [-0.39, 0.29) is 11.9 Å². The van der Waals surface area contributed by atoms with Gasteiger partial charge in [-0.05, 0) is 19.0 Å². The summed E-state index contributed by atoms with van der Waals surface area (Å²) in [7, 11) is 2.12. The fourth-order valence-electron chi connectivity index (χ4n) is 2.54. The van der Waals surface area contributed by atoms with Crippen molar-refractivity contribution in [2.75, 3.05) is 45.5 Å². The van der Waals surface area contributed by atoms with Crippen molar-refractivity contribution in [3.8, 4) is 0 Å². The number of carbonyl (C=O) groups is 1. The van der Waals surface area contributed by atoms with Crippen LogP contribution in [0.3, 0.4) is 0 Å². The Morgan fingerprint density at radius 2 is 1.90 bits per heavy atom. The second-order valence-corrected chi connectivity index (χ2v) is 6.08. The molecule has 2 rings (SSSR count). The highest BCUT2D eigenvalue weighted by atomic mass is 32.1. The number of benzene rings is 1. The molecule has 0 saturated carbocycles. The van der Waals surface area contributed by atoms with Crippen molar-refractivity contribution in [2.24, 2.45) is 0 Å². The van der Waals surface area contributed by atoms with Crippen molar-refractivity contribution in [1.82, 2.24) is 15.1 Å². The van der Waals surface area contributed by atoms with Gasteiger partial charge < -0.3 is 10.2 Å². The summed E-state index contributed by atoms with van der Waals surface area (Å²) in [5, 5.41) is 3.10. The molecule has 21 heavy (non-hydrogen) atoms. The molecule has 1 N–H and O–H groups in total. The van der Waals surface area contributed by atoms with Gasteiger partial charge in [0.25, 0.3) is 0 Å². The van der Waals surface area contributed by atoms with Crippen LogP contribution in [0.25, 0.3) is 0 Å². The Morgan fingerprint density at radius 3 is 2.52 bits per heavy atom. The topological polar surface area (TPSA) is 35.6 Å². The molecule has 1 atom stereocenters. The van der Waals surface area contributed by atoms with Crippen LogP contribution in [0, 0.1) is 0 Å². The monoisotopic (exact) mass is 307 g/mol. The summed E-state index contributed by atoms with van der Waals surface area (Å²) < 4.78 is 0. The molecule has 0 spiro atoms. The largest absolute Gasteiger partial charge is 0.351 e. The number of piperazine rings is 1. The summed E-state index contributed by atoms with van der Waals surface area (Å²) in [5.41, 5.74) is 1.23. The van der Waals surface area contributed by atoms with Gasteiger partial charge in [0, 0.05) is 38.0 Å². The number of hydrogen-bond acceptors (Lipinski definition) is 4. The number of carbonyl (C=O) groups excluding carboxylic acids is 1. The second-order valence-electron chi connectivity index (χ2n) is 5.72. The van der Waals surface area contributed by atoms with E-state index in [1.807, 2.05) is 18.2 Å². The molecule has 0 radical (unpaired) electrons. The first-order valence-corrected chi connectivity index (χ1v) is 8.15. The molecule has 1 heterocycles. The third kappa shape index (κ3) is 5.69. The zero-order valence-electron chi connectivity index (χ0n) is 12.7. The van der Waals surface area contributed by atoms with E-state index in [9.17, 15) is 4.79 Å². The molecule has 5 heteroatoms. The number of rotatable bonds is 6. The molecule has 1 aliphatic heterocycles. The fourth-order valence-corrected chi connectivity index (χ4v) is 2.76. The average Bonchev–Trinajstić information content (AvgIpc) is 2.50. The summed E-state index contributed by atoms with van der Waals surface area (Å²) >= 11 is 4.36. The molecule has 116 valence electrons. The van der Waals surface area contributed by atoms with E-state index in [0.29, 0.717) is 12.3 Å². The van der Waals surface area contributed by atoms with Crippen molar-refractivity contribution in [2.45, 2.75) is 12.5 Å². The zero-order chi connectivity index (χ0) is 15.1. The average molecular weight is 307 g/mol. The lowest BCUT2D eigenvalue weighted by Gasteiger charge is -2.32. The Bertz CT molecular complexity index is 432. The molecule has 0 aromatic heterocycles. The van der Waals surface area contributed by atoms with Crippen LogP contribution in [-0.2, 0) is 11.2 Å². The minimum atomic E-state index is 0.0932. The maximum atomic E-state index is 12.2. The molecule has 0 bridgehead atoms. The Balaban J connectivity index is 1.77. The molecule has 0 aliphatic carbocycles. The molecule has 1 fully saturated rings. The summed E-state index contributed by atoms with van der Waals surface area (Å²) in [6.07, 6.45) is 0.832. The molecule has 1 amide bonds. The third-order valence-corrected chi connectivity index (χ3v) is 4.31. The molecule has 1 unspecified atom stereocenters. The van der Waals surface area contributed by atoms with Crippen LogP contribution in [0.1, 0.15) is 5.56 Å². The summed E-state index contributed by atoms with van der Waals surface area (Å²) in [6.45, 7) is 4.50. The van der Waals surface area contributed by atoms with Crippen molar-refractivity contribution in [3.05, 3.63) is 35.9 Å². The first-order chi connectivity index (χ1) is 10.2. The zero-order valence-corrected chi connectivity index (χ0v) is 13.6. The third-order valence-electron chi connectivity index (χ3n) is 3.87. The van der Waals surface area contributed by atoms with Crippen LogP contribution < -0.4 is 5.32 Å². The van der Waals surface area contributed by atoms with E-state index in [4.69, 9.17) is 0 Å². The molecular weight excluding hydrogens is 282 g/mol. The maximum Gasteiger partial charge on any atom is 0.234 e. The molecule has 1 aliphatic rings. The molecular formula is C16H25N3OS. The Kier molecular flexibility index (Phi) is 6.54. The SMILES string of the molecule is CN1CCN(CC(=O)NC(CS)Cc2ccccc2)CC1. The first-order valence-electron chi connectivity index (χ1n) is 7.52. The number of amides is 1. The van der Waals surface area contributed by atoms with Gasteiger partial charge in [0.2, 0.25) is 5.91 Å². The second kappa shape index (κ2) is 8.41. The van der Waals surface area contributed by atoms with E-state index >= 15 is 0 Å². The van der Waals surface area contributed by atoms with E-state index in [0.717, 1.165) is 32.6 Å². The Labute approximate surface area is 132 Å². The number of hydrogen-bond donors (Lipinski definition) is 2. The lowest BCUT2D eigenvalue weighted by atomic mass is 10.1. The fraction of sp³-hybridized carbons (Fsp3) is 0.562. The standard InChI is InChI=1S/C16H25N3OS/c1-18-7-9-19(10-8-18)12-16(20)17-15(13-21)11-14-5-3-2-4-6-14/h2-6,15,21H,7-13H2,1H3,(H,17,20). The van der Waals surface area contributed by atoms with Crippen LogP contribution in [0.15, 0.2) is 30.3 Å². The number of nitrogens with one attached hydrogen (secondary N) is 1. The maximum absolute atomic E-state index is 12.2. The highest BCUT2D eigenvalue weighted by molar-refractivity contribution is 7.80. The van der Waals surface area contributed by atoms with Gasteiger partial charge in [-0.1, -0.05) is 30.3 Å². The van der Waals surface area contributed by atoms with Crippen molar-refractivity contribution < 1.29 is 4.79 Å². The Morgan fingerprint density at radius 1 is 1.24 bits per heavy atom. The quantitative estimate of drug-likeness (QED) is 0.766. The van der Waals surface area contributed by atoms with Gasteiger partial charge in [-0.3, -0.25) is 9.69 Å². The van der Waals surface area contributed by atoms with Gasteiger partial charge in [0.05, 0.1) is 6.54 Å². The van der Waals surface area contributed by atoms with Crippen LogP contribution in [0.2, 0.25) is 0 Å². The molecule has 4 nitrogen and oxygen atoms in total. The highest BCUT2D eigenvalue weighted by Crippen LogP contribution is 2.05. The van der Waals surface area contributed by atoms with Gasteiger partial charge in [-0.2, -0.15) is 12.6 Å². The highest BCUT2D eigenvalue weighted by Gasteiger charge is 2.18. The smallest absolute Gasteiger partial charge is 0.234 e. The normalized spacial score (nSPS) is 18.4. The van der Waals surface area contributed by atoms with E-state index in [1.54, 1.807) is 0 Å². The molecule has 1 aromatic carbocycles. The minimum absolute atomic E-state index is 0.0932. The first kappa shape index (κ1) is 16.3. The van der Waals surface area contributed by atoms with Gasteiger partial charge in [0.15, 0.2) is 0 Å². The Hall–Kier alpha value is -1.04. The van der Waals surface area contributed by atoms with Crippen molar-refractivity contribution in [1.29, 1.82) is 0 Å². The van der Waals surface area contributed by atoms with Crippen LogP contribution in [-0.4, -0.2) is 67.3 Å². The van der Waals surface area contributed by atoms with E-state index < -0.39 is 0 Å².